The fourth-order valence-corrected chi connectivity index (χ4v) is 4.70. The molecule has 2 bridgehead atoms. The Hall–Kier alpha value is -2.43. The minimum atomic E-state index is -3.54. The Kier molecular flexibility index (Phi) is 4.44. The highest BCUT2D eigenvalue weighted by molar-refractivity contribution is 7.90. The first-order valence-electron chi connectivity index (χ1n) is 9.34. The van der Waals surface area contributed by atoms with Gasteiger partial charge in [-0.1, -0.05) is 13.8 Å². The first kappa shape index (κ1) is 18.9. The van der Waals surface area contributed by atoms with E-state index in [1.807, 2.05) is 19.9 Å². The Balaban J connectivity index is 1.58. The molecule has 1 amide bonds. The number of rotatable bonds is 5. The SMILES string of the molecule is CC(C)c1cc(NCC2CC3CC2CN3C(=O)O)n2nc(S(C)(=O)=O)nc2n1. The van der Waals surface area contributed by atoms with Crippen LogP contribution in [0.2, 0.25) is 0 Å². The van der Waals surface area contributed by atoms with Gasteiger partial charge in [0.05, 0.1) is 5.69 Å². The van der Waals surface area contributed by atoms with Crippen LogP contribution in [0.4, 0.5) is 10.6 Å². The molecule has 1 saturated heterocycles. The summed E-state index contributed by atoms with van der Waals surface area (Å²) in [5.74, 6) is 1.76. The summed E-state index contributed by atoms with van der Waals surface area (Å²) in [6, 6.07) is 1.97. The van der Waals surface area contributed by atoms with E-state index in [4.69, 9.17) is 0 Å². The van der Waals surface area contributed by atoms with Crippen LogP contribution < -0.4 is 5.32 Å². The number of sulfone groups is 1. The second-order valence-corrected chi connectivity index (χ2v) is 9.97. The van der Waals surface area contributed by atoms with E-state index in [0.717, 1.165) is 24.8 Å². The standard InChI is InChI=1S/C17H24N6O4S/c1-9(2)13-6-14(23-15(19-13)20-16(21-23)28(3,26)27)18-7-10-4-12-5-11(10)8-22(12)17(24)25/h6,9-12,18H,4-5,7-8H2,1-3H3,(H,24,25). The van der Waals surface area contributed by atoms with Crippen molar-refractivity contribution < 1.29 is 18.3 Å². The van der Waals surface area contributed by atoms with Crippen molar-refractivity contribution in [3.63, 3.8) is 0 Å². The van der Waals surface area contributed by atoms with Gasteiger partial charge in [0.25, 0.3) is 10.9 Å². The number of nitrogens with one attached hydrogen (secondary N) is 1. The molecule has 152 valence electrons. The van der Waals surface area contributed by atoms with E-state index in [0.29, 0.717) is 30.7 Å². The molecule has 11 heteroatoms. The number of carboxylic acid groups (broad SMARTS) is 1. The van der Waals surface area contributed by atoms with Crippen molar-refractivity contribution in [1.82, 2.24) is 24.5 Å². The average Bonchev–Trinajstić information content (AvgIpc) is 3.31. The summed E-state index contributed by atoms with van der Waals surface area (Å²) in [4.78, 5) is 21.3. The highest BCUT2D eigenvalue weighted by Crippen LogP contribution is 2.42. The van der Waals surface area contributed by atoms with Crippen molar-refractivity contribution in [2.45, 2.75) is 43.8 Å². The Bertz CT molecular complexity index is 1030. The lowest BCUT2D eigenvalue weighted by Gasteiger charge is -2.29. The molecule has 3 heterocycles. The fraction of sp³-hybridized carbons (Fsp3) is 0.647. The number of piperidine rings is 1. The maximum absolute atomic E-state index is 11.8. The van der Waals surface area contributed by atoms with Crippen LogP contribution in [0.15, 0.2) is 11.2 Å². The zero-order valence-electron chi connectivity index (χ0n) is 16.0. The molecule has 2 aromatic rings. The van der Waals surface area contributed by atoms with Gasteiger partial charge < -0.3 is 15.3 Å². The zero-order chi connectivity index (χ0) is 20.2. The second-order valence-electron chi connectivity index (χ2n) is 8.06. The smallest absolute Gasteiger partial charge is 0.407 e. The molecule has 28 heavy (non-hydrogen) atoms. The largest absolute Gasteiger partial charge is 0.465 e. The van der Waals surface area contributed by atoms with Crippen LogP contribution in [0.25, 0.3) is 5.78 Å². The third kappa shape index (κ3) is 3.27. The predicted octanol–water partition coefficient (Wildman–Crippen LogP) is 1.45. The third-order valence-electron chi connectivity index (χ3n) is 5.72. The van der Waals surface area contributed by atoms with Crippen LogP contribution in [0.3, 0.4) is 0 Å². The molecule has 2 aliphatic rings. The number of likely N-dealkylation sites (tertiary alicyclic amines) is 1. The first-order chi connectivity index (χ1) is 13.1. The summed E-state index contributed by atoms with van der Waals surface area (Å²) in [6.45, 7) is 5.26. The van der Waals surface area contributed by atoms with Gasteiger partial charge in [-0.3, -0.25) is 0 Å². The van der Waals surface area contributed by atoms with Gasteiger partial charge in [0, 0.05) is 31.5 Å². The quantitative estimate of drug-likeness (QED) is 0.760. The lowest BCUT2D eigenvalue weighted by molar-refractivity contribution is 0.121. The number of hydrogen-bond donors (Lipinski definition) is 2. The van der Waals surface area contributed by atoms with Gasteiger partial charge in [-0.05, 0) is 30.6 Å². The molecule has 2 fully saturated rings. The van der Waals surface area contributed by atoms with Crippen molar-refractivity contribution >= 4 is 27.5 Å². The van der Waals surface area contributed by atoms with Crippen LogP contribution in [-0.4, -0.2) is 69.5 Å². The van der Waals surface area contributed by atoms with Gasteiger partial charge in [-0.25, -0.2) is 18.2 Å². The molecule has 0 spiro atoms. The van der Waals surface area contributed by atoms with E-state index in [2.05, 4.69) is 20.4 Å². The summed E-state index contributed by atoms with van der Waals surface area (Å²) in [7, 11) is -3.54. The summed E-state index contributed by atoms with van der Waals surface area (Å²) in [6.07, 6.45) is 1.97. The van der Waals surface area contributed by atoms with E-state index in [1.165, 1.54) is 4.52 Å². The van der Waals surface area contributed by atoms with Crippen LogP contribution in [0, 0.1) is 11.8 Å². The number of amides is 1. The number of fused-ring (bicyclic) bond motifs is 3. The Morgan fingerprint density at radius 3 is 2.68 bits per heavy atom. The van der Waals surface area contributed by atoms with Crippen molar-refractivity contribution in [3.05, 3.63) is 11.8 Å². The molecule has 0 aromatic carbocycles. The number of hydrogen-bond acceptors (Lipinski definition) is 7. The van der Waals surface area contributed by atoms with E-state index >= 15 is 0 Å². The van der Waals surface area contributed by atoms with Gasteiger partial charge in [0.15, 0.2) is 0 Å². The molecule has 3 unspecified atom stereocenters. The third-order valence-corrected chi connectivity index (χ3v) is 6.55. The van der Waals surface area contributed by atoms with Crippen LogP contribution in [-0.2, 0) is 9.84 Å². The van der Waals surface area contributed by atoms with Gasteiger partial charge >= 0.3 is 6.09 Å². The molecule has 2 N–H and O–H groups in total. The van der Waals surface area contributed by atoms with Crippen LogP contribution in [0.5, 0.6) is 0 Å². The lowest BCUT2D eigenvalue weighted by atomic mass is 9.94. The number of nitrogens with zero attached hydrogens (tertiary/aromatic N) is 5. The maximum Gasteiger partial charge on any atom is 0.407 e. The van der Waals surface area contributed by atoms with Crippen molar-refractivity contribution in [1.29, 1.82) is 0 Å². The molecule has 1 saturated carbocycles. The lowest BCUT2D eigenvalue weighted by Crippen LogP contribution is -2.40. The summed E-state index contributed by atoms with van der Waals surface area (Å²) in [5, 5.41) is 16.5. The van der Waals surface area contributed by atoms with E-state index in [-0.39, 0.29) is 22.9 Å². The molecule has 0 radical (unpaired) electrons. The topological polar surface area (TPSA) is 130 Å². The molecule has 3 atom stereocenters. The van der Waals surface area contributed by atoms with Gasteiger partial charge in [0.1, 0.15) is 5.82 Å². The average molecular weight is 408 g/mol. The maximum atomic E-state index is 11.8. The molecule has 2 aromatic heterocycles. The molecule has 10 nitrogen and oxygen atoms in total. The van der Waals surface area contributed by atoms with Crippen molar-refractivity contribution in [2.24, 2.45) is 11.8 Å². The highest BCUT2D eigenvalue weighted by atomic mass is 32.2. The normalized spacial score (nSPS) is 24.4. The Labute approximate surface area is 162 Å². The van der Waals surface area contributed by atoms with Crippen molar-refractivity contribution in [2.75, 3.05) is 24.7 Å². The number of carbonyl (C=O) groups is 1. The summed E-state index contributed by atoms with van der Waals surface area (Å²) >= 11 is 0. The summed E-state index contributed by atoms with van der Waals surface area (Å²) < 4.78 is 25.1. The van der Waals surface area contributed by atoms with Gasteiger partial charge in [-0.15, -0.1) is 5.10 Å². The number of anilines is 1. The second kappa shape index (κ2) is 6.57. The van der Waals surface area contributed by atoms with Gasteiger partial charge in [0.2, 0.25) is 9.84 Å². The molecule has 1 aliphatic heterocycles. The van der Waals surface area contributed by atoms with Gasteiger partial charge in [-0.2, -0.15) is 9.50 Å². The van der Waals surface area contributed by atoms with Crippen molar-refractivity contribution in [3.8, 4) is 0 Å². The Morgan fingerprint density at radius 2 is 2.11 bits per heavy atom. The van der Waals surface area contributed by atoms with E-state index in [1.54, 1.807) is 4.90 Å². The number of aromatic nitrogens is 4. The monoisotopic (exact) mass is 408 g/mol. The fourth-order valence-electron chi connectivity index (χ4n) is 4.23. The van der Waals surface area contributed by atoms with Crippen LogP contribution in [0.1, 0.15) is 38.3 Å². The Morgan fingerprint density at radius 1 is 1.36 bits per heavy atom. The zero-order valence-corrected chi connectivity index (χ0v) is 16.8. The molecular formula is C17H24N6O4S. The molecule has 4 rings (SSSR count). The summed E-state index contributed by atoms with van der Waals surface area (Å²) in [5.41, 5.74) is 0.799. The minimum absolute atomic E-state index is 0.0983. The minimum Gasteiger partial charge on any atom is -0.465 e. The molecule has 1 aliphatic carbocycles. The van der Waals surface area contributed by atoms with E-state index < -0.39 is 15.9 Å². The molecular weight excluding hydrogens is 384 g/mol. The first-order valence-corrected chi connectivity index (χ1v) is 11.2. The van der Waals surface area contributed by atoms with E-state index in [9.17, 15) is 18.3 Å². The highest BCUT2D eigenvalue weighted by Gasteiger charge is 2.46. The van der Waals surface area contributed by atoms with Crippen LogP contribution >= 0.6 is 0 Å². The predicted molar refractivity (Wildman–Crippen MR) is 101 cm³/mol.